The summed E-state index contributed by atoms with van der Waals surface area (Å²) in [6, 6.07) is 18.7. The van der Waals surface area contributed by atoms with Crippen LogP contribution in [0.15, 0.2) is 54.6 Å². The van der Waals surface area contributed by atoms with E-state index in [0.29, 0.717) is 0 Å². The van der Waals surface area contributed by atoms with Crippen molar-refractivity contribution < 1.29 is 13.6 Å². The van der Waals surface area contributed by atoms with Gasteiger partial charge in [0.25, 0.3) is 0 Å². The third-order valence-corrected chi connectivity index (χ3v) is 7.04. The van der Waals surface area contributed by atoms with E-state index >= 15 is 0 Å². The first-order valence-corrected chi connectivity index (χ1v) is 10.5. The highest BCUT2D eigenvalue weighted by molar-refractivity contribution is 7.54. The van der Waals surface area contributed by atoms with Crippen LogP contribution in [0, 0.1) is 0 Å². The average Bonchev–Trinajstić information content (AvgIpc) is 2.66. The lowest BCUT2D eigenvalue weighted by Gasteiger charge is -2.25. The molecule has 26 heavy (non-hydrogen) atoms. The molecule has 0 bridgehead atoms. The van der Waals surface area contributed by atoms with Crippen LogP contribution >= 0.6 is 7.60 Å². The number of hydrogen-bond donors (Lipinski definition) is 1. The van der Waals surface area contributed by atoms with Crippen molar-refractivity contribution in [3.8, 4) is 0 Å². The fourth-order valence-corrected chi connectivity index (χ4v) is 5.43. The molecule has 0 aliphatic heterocycles. The highest BCUT2D eigenvalue weighted by Gasteiger charge is 2.35. The largest absolute Gasteiger partial charge is 0.351 e. The summed E-state index contributed by atoms with van der Waals surface area (Å²) in [5.41, 5.74) is 7.22. The van der Waals surface area contributed by atoms with E-state index in [-0.39, 0.29) is 13.2 Å². The predicted octanol–water partition coefficient (Wildman–Crippen LogP) is 5.81. The maximum atomic E-state index is 13.2. The molecule has 0 unspecified atom stereocenters. The third kappa shape index (κ3) is 2.62. The van der Waals surface area contributed by atoms with E-state index in [4.69, 9.17) is 14.8 Å². The second-order valence-corrected chi connectivity index (χ2v) is 8.48. The monoisotopic (exact) mass is 367 g/mol. The summed E-state index contributed by atoms with van der Waals surface area (Å²) >= 11 is 0. The van der Waals surface area contributed by atoms with E-state index < -0.39 is 13.4 Å². The molecule has 2 N–H and O–H groups in total. The van der Waals surface area contributed by atoms with E-state index in [1.54, 1.807) is 13.8 Å². The molecule has 0 saturated heterocycles. The summed E-state index contributed by atoms with van der Waals surface area (Å²) in [7, 11) is -3.45. The van der Waals surface area contributed by atoms with Gasteiger partial charge < -0.3 is 14.8 Å². The Morgan fingerprint density at radius 2 is 1.38 bits per heavy atom. The van der Waals surface area contributed by atoms with Crippen molar-refractivity contribution in [2.75, 3.05) is 13.2 Å². The zero-order valence-electron chi connectivity index (χ0n) is 14.9. The van der Waals surface area contributed by atoms with Crippen molar-refractivity contribution in [3.05, 3.63) is 60.2 Å². The van der Waals surface area contributed by atoms with Crippen LogP contribution in [0.3, 0.4) is 0 Å². The van der Waals surface area contributed by atoms with Gasteiger partial charge in [-0.25, -0.2) is 0 Å². The zero-order valence-corrected chi connectivity index (χ0v) is 15.8. The van der Waals surface area contributed by atoms with Gasteiger partial charge in [-0.05, 0) is 51.7 Å². The maximum Gasteiger partial charge on any atom is 0.351 e. The van der Waals surface area contributed by atoms with Gasteiger partial charge in [-0.2, -0.15) is 0 Å². The van der Waals surface area contributed by atoms with E-state index in [0.717, 1.165) is 21.7 Å². The van der Waals surface area contributed by atoms with Crippen LogP contribution in [0.5, 0.6) is 0 Å². The minimum absolute atomic E-state index is 0.289. The molecule has 0 aliphatic rings. The molecule has 0 saturated carbocycles. The molecular weight excluding hydrogens is 345 g/mol. The van der Waals surface area contributed by atoms with Crippen LogP contribution in [0.1, 0.15) is 25.2 Å². The molecule has 5 heteroatoms. The lowest BCUT2D eigenvalue weighted by molar-refractivity contribution is 0.212. The van der Waals surface area contributed by atoms with E-state index in [1.165, 1.54) is 16.2 Å². The van der Waals surface area contributed by atoms with Crippen LogP contribution < -0.4 is 5.73 Å². The Kier molecular flexibility index (Phi) is 4.45. The smallest absolute Gasteiger partial charge is 0.314 e. The summed E-state index contributed by atoms with van der Waals surface area (Å²) < 4.78 is 24.2. The van der Waals surface area contributed by atoms with E-state index in [9.17, 15) is 4.57 Å². The van der Waals surface area contributed by atoms with Gasteiger partial charge >= 0.3 is 7.60 Å². The number of benzene rings is 4. The number of hydrogen-bond acceptors (Lipinski definition) is 4. The fraction of sp³-hybridized carbons (Fsp3) is 0.238. The molecule has 0 fully saturated rings. The second kappa shape index (κ2) is 6.64. The normalized spacial score (nSPS) is 13.8. The van der Waals surface area contributed by atoms with Gasteiger partial charge in [-0.1, -0.05) is 54.6 Å². The van der Waals surface area contributed by atoms with E-state index in [2.05, 4.69) is 42.5 Å². The summed E-state index contributed by atoms with van der Waals surface area (Å²) in [5, 5.41) is 6.86. The minimum atomic E-state index is -3.45. The molecule has 1 atom stereocenters. The Morgan fingerprint density at radius 3 is 2.00 bits per heavy atom. The lowest BCUT2D eigenvalue weighted by atomic mass is 9.92. The standard InChI is InChI=1S/C21H22NO3P/c1-3-24-26(23,25-4-2)21(22)18-13-11-16-9-8-14-6-5-7-15-10-12-17(18)20(16)19(14)15/h5-13,21H,3-4,22H2,1-2H3/t21-/m1/s1. The fourth-order valence-electron chi connectivity index (χ4n) is 3.74. The summed E-state index contributed by atoms with van der Waals surface area (Å²) in [5.74, 6) is -0.827. The summed E-state index contributed by atoms with van der Waals surface area (Å²) in [4.78, 5) is 0. The Labute approximate surface area is 152 Å². The third-order valence-electron chi connectivity index (χ3n) is 4.84. The van der Waals surface area contributed by atoms with E-state index in [1.807, 2.05) is 12.1 Å². The maximum absolute atomic E-state index is 13.2. The number of rotatable bonds is 6. The van der Waals surface area contributed by atoms with Crippen molar-refractivity contribution in [3.63, 3.8) is 0 Å². The zero-order chi connectivity index (χ0) is 18.3. The molecule has 4 aromatic rings. The Bertz CT molecular complexity index is 1100. The van der Waals surface area contributed by atoms with Crippen LogP contribution in [0.2, 0.25) is 0 Å². The van der Waals surface area contributed by atoms with Gasteiger partial charge in [0.1, 0.15) is 5.78 Å². The van der Waals surface area contributed by atoms with Crippen molar-refractivity contribution in [2.24, 2.45) is 5.73 Å². The quantitative estimate of drug-likeness (QED) is 0.345. The molecule has 0 spiro atoms. The lowest BCUT2D eigenvalue weighted by Crippen LogP contribution is -2.15. The van der Waals surface area contributed by atoms with Crippen molar-refractivity contribution >= 4 is 39.9 Å². The average molecular weight is 367 g/mol. The minimum Gasteiger partial charge on any atom is -0.314 e. The van der Waals surface area contributed by atoms with Crippen molar-refractivity contribution in [2.45, 2.75) is 19.6 Å². The molecule has 4 rings (SSSR count). The molecule has 0 amide bonds. The molecule has 0 aromatic heterocycles. The Morgan fingerprint density at radius 1 is 0.846 bits per heavy atom. The molecule has 134 valence electrons. The van der Waals surface area contributed by atoms with Gasteiger partial charge in [0.2, 0.25) is 0 Å². The molecule has 0 radical (unpaired) electrons. The van der Waals surface area contributed by atoms with Gasteiger partial charge in [0, 0.05) is 0 Å². The van der Waals surface area contributed by atoms with Crippen LogP contribution in [0.4, 0.5) is 0 Å². The van der Waals surface area contributed by atoms with Gasteiger partial charge in [0.05, 0.1) is 13.2 Å². The van der Waals surface area contributed by atoms with Gasteiger partial charge in [-0.3, -0.25) is 4.57 Å². The Balaban J connectivity index is 2.00. The summed E-state index contributed by atoms with van der Waals surface area (Å²) in [6.45, 7) is 4.17. The summed E-state index contributed by atoms with van der Waals surface area (Å²) in [6.07, 6.45) is 0. The van der Waals surface area contributed by atoms with Crippen molar-refractivity contribution in [1.29, 1.82) is 0 Å². The molecule has 0 aliphatic carbocycles. The first kappa shape index (κ1) is 17.4. The first-order chi connectivity index (χ1) is 12.6. The second-order valence-electron chi connectivity index (χ2n) is 6.33. The predicted molar refractivity (Wildman–Crippen MR) is 108 cm³/mol. The highest BCUT2D eigenvalue weighted by Crippen LogP contribution is 2.59. The SMILES string of the molecule is CCOP(=O)(OCC)[C@@H](N)c1ccc2ccc3cccc4ccc1c2c34. The molecule has 4 nitrogen and oxygen atoms in total. The first-order valence-electron chi connectivity index (χ1n) is 8.90. The van der Waals surface area contributed by atoms with Crippen LogP contribution in [0.25, 0.3) is 32.3 Å². The van der Waals surface area contributed by atoms with Crippen LogP contribution in [-0.2, 0) is 13.6 Å². The molecular formula is C21H22NO3P. The van der Waals surface area contributed by atoms with Gasteiger partial charge in [-0.15, -0.1) is 0 Å². The number of nitrogens with two attached hydrogens (primary N) is 1. The highest BCUT2D eigenvalue weighted by atomic mass is 31.2. The van der Waals surface area contributed by atoms with Gasteiger partial charge in [0.15, 0.2) is 0 Å². The molecule has 4 aromatic carbocycles. The molecule has 0 heterocycles. The topological polar surface area (TPSA) is 61.5 Å². The van der Waals surface area contributed by atoms with Crippen LogP contribution in [-0.4, -0.2) is 13.2 Å². The Hall–Kier alpha value is -1.97. The van der Waals surface area contributed by atoms with Crippen molar-refractivity contribution in [1.82, 2.24) is 0 Å².